The Balaban J connectivity index is 1.76. The maximum absolute atomic E-state index is 12.3. The van der Waals surface area contributed by atoms with Crippen molar-refractivity contribution < 1.29 is 18.8 Å². The standard InChI is InChI=1S/C31H48N2O3/c1-6-8-9-10-11-12-13-14-22-35-29-18-17-27(23-28(29)31(3,4)5)36-25-30(34)32-20-19-26-16-15-21-33(7-2)24-26/h15-18,21,23-24H,6-14,19-20,22,25H2,1-5H3/p+1. The van der Waals surface area contributed by atoms with Crippen molar-refractivity contribution in [2.75, 3.05) is 19.8 Å². The van der Waals surface area contributed by atoms with E-state index < -0.39 is 0 Å². The topological polar surface area (TPSA) is 51.4 Å². The molecule has 5 heteroatoms. The van der Waals surface area contributed by atoms with Crippen molar-refractivity contribution in [3.05, 3.63) is 53.9 Å². The second-order valence-electron chi connectivity index (χ2n) is 10.7. The van der Waals surface area contributed by atoms with Crippen LogP contribution in [0.3, 0.4) is 0 Å². The van der Waals surface area contributed by atoms with E-state index >= 15 is 0 Å². The number of hydrogen-bond acceptors (Lipinski definition) is 3. The lowest BCUT2D eigenvalue weighted by Gasteiger charge is -2.24. The van der Waals surface area contributed by atoms with Crippen LogP contribution in [0.5, 0.6) is 11.5 Å². The van der Waals surface area contributed by atoms with Gasteiger partial charge in [-0.25, -0.2) is 4.57 Å². The Morgan fingerprint density at radius 3 is 2.36 bits per heavy atom. The Morgan fingerprint density at radius 2 is 1.67 bits per heavy atom. The van der Waals surface area contributed by atoms with Gasteiger partial charge in [-0.1, -0.05) is 72.6 Å². The van der Waals surface area contributed by atoms with Gasteiger partial charge in [-0.2, -0.15) is 0 Å². The van der Waals surface area contributed by atoms with Gasteiger partial charge in [0.25, 0.3) is 5.91 Å². The largest absolute Gasteiger partial charge is 0.493 e. The second-order valence-corrected chi connectivity index (χ2v) is 10.7. The maximum Gasteiger partial charge on any atom is 0.257 e. The number of pyridine rings is 1. The molecule has 2 rings (SSSR count). The van der Waals surface area contributed by atoms with E-state index in [0.717, 1.165) is 37.3 Å². The van der Waals surface area contributed by atoms with Gasteiger partial charge in [0.2, 0.25) is 0 Å². The smallest absolute Gasteiger partial charge is 0.257 e. The van der Waals surface area contributed by atoms with Gasteiger partial charge in [0, 0.05) is 23.7 Å². The van der Waals surface area contributed by atoms with E-state index in [9.17, 15) is 4.79 Å². The molecule has 1 aromatic heterocycles. The summed E-state index contributed by atoms with van der Waals surface area (Å²) < 4.78 is 14.1. The number of aromatic nitrogens is 1. The molecule has 0 aliphatic carbocycles. The first-order valence-electron chi connectivity index (χ1n) is 14.0. The number of rotatable bonds is 17. The van der Waals surface area contributed by atoms with Crippen molar-refractivity contribution in [1.29, 1.82) is 0 Å². The average molecular weight is 498 g/mol. The highest BCUT2D eigenvalue weighted by Crippen LogP contribution is 2.34. The van der Waals surface area contributed by atoms with Crippen LogP contribution in [0.2, 0.25) is 0 Å². The Labute approximate surface area is 219 Å². The normalized spacial score (nSPS) is 11.4. The summed E-state index contributed by atoms with van der Waals surface area (Å²) in [5.74, 6) is 1.50. The van der Waals surface area contributed by atoms with Crippen molar-refractivity contribution in [2.45, 2.75) is 104 Å². The molecule has 0 aliphatic rings. The van der Waals surface area contributed by atoms with Gasteiger partial charge in [0.05, 0.1) is 6.61 Å². The molecule has 1 heterocycles. The molecule has 1 N–H and O–H groups in total. The highest BCUT2D eigenvalue weighted by atomic mass is 16.5. The molecule has 36 heavy (non-hydrogen) atoms. The summed E-state index contributed by atoms with van der Waals surface area (Å²) in [7, 11) is 0. The third-order valence-corrected chi connectivity index (χ3v) is 6.40. The number of unbranched alkanes of at least 4 members (excludes halogenated alkanes) is 7. The summed E-state index contributed by atoms with van der Waals surface area (Å²) in [4.78, 5) is 12.3. The number of nitrogens with one attached hydrogen (secondary N) is 1. The van der Waals surface area contributed by atoms with Gasteiger partial charge in [0.15, 0.2) is 19.0 Å². The maximum atomic E-state index is 12.3. The molecule has 0 spiro atoms. The highest BCUT2D eigenvalue weighted by Gasteiger charge is 2.20. The lowest BCUT2D eigenvalue weighted by atomic mass is 9.86. The van der Waals surface area contributed by atoms with Crippen LogP contribution in [0, 0.1) is 0 Å². The summed E-state index contributed by atoms with van der Waals surface area (Å²) in [6, 6.07) is 10.0. The van der Waals surface area contributed by atoms with Crippen molar-refractivity contribution in [1.82, 2.24) is 5.32 Å². The Morgan fingerprint density at radius 1 is 0.944 bits per heavy atom. The van der Waals surface area contributed by atoms with Gasteiger partial charge in [0.1, 0.15) is 18.0 Å². The van der Waals surface area contributed by atoms with Crippen LogP contribution >= 0.6 is 0 Å². The number of aryl methyl sites for hydroxylation is 1. The number of carbonyl (C=O) groups is 1. The van der Waals surface area contributed by atoms with Crippen LogP contribution in [-0.4, -0.2) is 25.7 Å². The van der Waals surface area contributed by atoms with Crippen molar-refractivity contribution in [3.63, 3.8) is 0 Å². The molecule has 1 aromatic carbocycles. The Kier molecular flexibility index (Phi) is 13.4. The number of hydrogen-bond donors (Lipinski definition) is 1. The first-order valence-corrected chi connectivity index (χ1v) is 14.0. The van der Waals surface area contributed by atoms with Gasteiger partial charge >= 0.3 is 0 Å². The zero-order valence-corrected chi connectivity index (χ0v) is 23.4. The van der Waals surface area contributed by atoms with Crippen LogP contribution in [0.1, 0.15) is 97.1 Å². The van der Waals surface area contributed by atoms with Crippen LogP contribution < -0.4 is 19.4 Å². The van der Waals surface area contributed by atoms with E-state index in [1.165, 1.54) is 50.5 Å². The lowest BCUT2D eigenvalue weighted by molar-refractivity contribution is -0.694. The molecule has 0 fully saturated rings. The number of benzene rings is 1. The Bertz CT molecular complexity index is 905. The van der Waals surface area contributed by atoms with E-state index in [4.69, 9.17) is 9.47 Å². The second kappa shape index (κ2) is 16.2. The quantitative estimate of drug-likeness (QED) is 0.199. The molecule has 0 aliphatic heterocycles. The molecule has 0 radical (unpaired) electrons. The molecular formula is C31H49N2O3+. The SMILES string of the molecule is CCCCCCCCCCOc1ccc(OCC(=O)NCCc2ccc[n+](CC)c2)cc1C(C)(C)C. The number of amides is 1. The van der Waals surface area contributed by atoms with Gasteiger partial charge < -0.3 is 14.8 Å². The Hall–Kier alpha value is -2.56. The fourth-order valence-corrected chi connectivity index (χ4v) is 4.20. The first kappa shape index (κ1) is 29.7. The molecule has 5 nitrogen and oxygen atoms in total. The number of carbonyl (C=O) groups excluding carboxylic acids is 1. The zero-order chi connectivity index (χ0) is 26.2. The molecule has 1 amide bonds. The van der Waals surface area contributed by atoms with E-state index in [2.05, 4.69) is 63.0 Å². The predicted molar refractivity (Wildman–Crippen MR) is 148 cm³/mol. The molecule has 0 atom stereocenters. The van der Waals surface area contributed by atoms with Crippen LogP contribution in [0.25, 0.3) is 0 Å². The lowest BCUT2D eigenvalue weighted by Crippen LogP contribution is -2.33. The molecule has 0 saturated carbocycles. The summed E-state index contributed by atoms with van der Waals surface area (Å²) in [6.45, 7) is 13.2. The van der Waals surface area contributed by atoms with Gasteiger partial charge in [-0.15, -0.1) is 0 Å². The minimum atomic E-state index is -0.110. The minimum Gasteiger partial charge on any atom is -0.493 e. The molecule has 0 unspecified atom stereocenters. The fourth-order valence-electron chi connectivity index (χ4n) is 4.20. The fraction of sp³-hybridized carbons (Fsp3) is 0.613. The van der Waals surface area contributed by atoms with Crippen molar-refractivity contribution in [3.8, 4) is 11.5 Å². The molecule has 200 valence electrons. The molecule has 0 saturated heterocycles. The molecular weight excluding hydrogens is 448 g/mol. The van der Waals surface area contributed by atoms with Crippen LogP contribution in [-0.2, 0) is 23.2 Å². The molecule has 0 bridgehead atoms. The number of nitrogens with zero attached hydrogens (tertiary/aromatic N) is 1. The van der Waals surface area contributed by atoms with E-state index in [-0.39, 0.29) is 17.9 Å². The highest BCUT2D eigenvalue weighted by molar-refractivity contribution is 5.77. The predicted octanol–water partition coefficient (Wildman–Crippen LogP) is 6.55. The third kappa shape index (κ3) is 11.5. The van der Waals surface area contributed by atoms with Crippen LogP contribution in [0.4, 0.5) is 0 Å². The molecule has 2 aromatic rings. The van der Waals surface area contributed by atoms with E-state index in [1.807, 2.05) is 24.3 Å². The van der Waals surface area contributed by atoms with Crippen molar-refractivity contribution >= 4 is 5.91 Å². The van der Waals surface area contributed by atoms with Gasteiger partial charge in [-0.3, -0.25) is 4.79 Å². The zero-order valence-electron chi connectivity index (χ0n) is 23.4. The summed E-state index contributed by atoms with van der Waals surface area (Å²) in [5.41, 5.74) is 2.23. The average Bonchev–Trinajstić information content (AvgIpc) is 2.86. The third-order valence-electron chi connectivity index (χ3n) is 6.40. The van der Waals surface area contributed by atoms with Crippen LogP contribution in [0.15, 0.2) is 42.7 Å². The number of ether oxygens (including phenoxy) is 2. The summed E-state index contributed by atoms with van der Waals surface area (Å²) in [6.07, 6.45) is 15.3. The van der Waals surface area contributed by atoms with Gasteiger partial charge in [-0.05, 0) is 49.4 Å². The van der Waals surface area contributed by atoms with Crippen molar-refractivity contribution in [2.24, 2.45) is 0 Å². The minimum absolute atomic E-state index is 0.00575. The van der Waals surface area contributed by atoms with E-state index in [0.29, 0.717) is 12.3 Å². The first-order chi connectivity index (χ1) is 17.3. The summed E-state index contributed by atoms with van der Waals surface area (Å²) in [5, 5.41) is 2.96. The summed E-state index contributed by atoms with van der Waals surface area (Å²) >= 11 is 0. The van der Waals surface area contributed by atoms with E-state index in [1.54, 1.807) is 0 Å². The monoisotopic (exact) mass is 497 g/mol.